The van der Waals surface area contributed by atoms with Gasteiger partial charge < -0.3 is 5.11 Å². The summed E-state index contributed by atoms with van der Waals surface area (Å²) in [4.78, 5) is 0. The summed E-state index contributed by atoms with van der Waals surface area (Å²) in [5.74, 6) is -0.938. The summed E-state index contributed by atoms with van der Waals surface area (Å²) in [6, 6.07) is 3.31. The van der Waals surface area contributed by atoms with Crippen LogP contribution in [0.5, 0.6) is 0 Å². The summed E-state index contributed by atoms with van der Waals surface area (Å²) < 4.78 is 26.1. The lowest BCUT2D eigenvalue weighted by Crippen LogP contribution is -2.27. The van der Waals surface area contributed by atoms with E-state index < -0.39 is 17.2 Å². The van der Waals surface area contributed by atoms with Gasteiger partial charge in [0, 0.05) is 6.42 Å². The highest BCUT2D eigenvalue weighted by atomic mass is 19.1. The molecular weight excluding hydrogens is 198 g/mol. The Morgan fingerprint density at radius 1 is 1.33 bits per heavy atom. The zero-order valence-electron chi connectivity index (χ0n) is 9.06. The molecule has 1 unspecified atom stereocenters. The van der Waals surface area contributed by atoms with Crippen LogP contribution in [0.15, 0.2) is 18.2 Å². The maximum absolute atomic E-state index is 13.3. The molecule has 3 heteroatoms. The minimum Gasteiger partial charge on any atom is -0.390 e. The fourth-order valence-corrected chi connectivity index (χ4v) is 1.72. The van der Waals surface area contributed by atoms with Gasteiger partial charge in [-0.05, 0) is 37.1 Å². The highest BCUT2D eigenvalue weighted by Crippen LogP contribution is 2.21. The minimum atomic E-state index is -0.969. The molecule has 0 heterocycles. The van der Waals surface area contributed by atoms with Gasteiger partial charge in [0.25, 0.3) is 0 Å². The Hall–Kier alpha value is -0.960. The van der Waals surface area contributed by atoms with Crippen LogP contribution in [0, 0.1) is 11.6 Å². The zero-order valence-corrected chi connectivity index (χ0v) is 9.06. The summed E-state index contributed by atoms with van der Waals surface area (Å²) in [5.41, 5.74) is -0.739. The zero-order chi connectivity index (χ0) is 11.5. The standard InChI is InChI=1S/C12H16F2O/c1-3-6-12(2,15)8-9-7-10(13)4-5-11(9)14/h4-5,7,15H,3,6,8H2,1-2H3. The Morgan fingerprint density at radius 2 is 2.00 bits per heavy atom. The first kappa shape index (κ1) is 12.1. The summed E-state index contributed by atoms with van der Waals surface area (Å²) in [5, 5.41) is 9.89. The molecule has 15 heavy (non-hydrogen) atoms. The predicted octanol–water partition coefficient (Wildman–Crippen LogP) is 3.06. The normalized spacial score (nSPS) is 15.0. The lowest BCUT2D eigenvalue weighted by atomic mass is 9.92. The van der Waals surface area contributed by atoms with Crippen LogP contribution in [0.25, 0.3) is 0 Å². The van der Waals surface area contributed by atoms with Crippen molar-refractivity contribution in [3.63, 3.8) is 0 Å². The second-order valence-electron chi connectivity index (χ2n) is 4.16. The average Bonchev–Trinajstić information content (AvgIpc) is 2.10. The molecule has 84 valence electrons. The first-order valence-corrected chi connectivity index (χ1v) is 5.11. The molecule has 1 N–H and O–H groups in total. The number of benzene rings is 1. The van der Waals surface area contributed by atoms with Crippen molar-refractivity contribution >= 4 is 0 Å². The van der Waals surface area contributed by atoms with Crippen molar-refractivity contribution in [2.75, 3.05) is 0 Å². The molecule has 0 aliphatic carbocycles. The molecule has 0 aliphatic heterocycles. The number of halogens is 2. The fraction of sp³-hybridized carbons (Fsp3) is 0.500. The van der Waals surface area contributed by atoms with E-state index in [1.54, 1.807) is 6.92 Å². The molecular formula is C12H16F2O. The van der Waals surface area contributed by atoms with Gasteiger partial charge in [-0.15, -0.1) is 0 Å². The molecule has 0 saturated heterocycles. The van der Waals surface area contributed by atoms with Crippen LogP contribution in [0.1, 0.15) is 32.3 Å². The monoisotopic (exact) mass is 214 g/mol. The molecule has 0 saturated carbocycles. The van der Waals surface area contributed by atoms with Crippen molar-refractivity contribution < 1.29 is 13.9 Å². The van der Waals surface area contributed by atoms with Crippen molar-refractivity contribution in [2.24, 2.45) is 0 Å². The van der Waals surface area contributed by atoms with Crippen molar-refractivity contribution in [1.29, 1.82) is 0 Å². The van der Waals surface area contributed by atoms with Gasteiger partial charge in [-0.25, -0.2) is 8.78 Å². The van der Waals surface area contributed by atoms with Gasteiger partial charge in [-0.3, -0.25) is 0 Å². The molecule has 0 radical (unpaired) electrons. The van der Waals surface area contributed by atoms with Gasteiger partial charge in [0.15, 0.2) is 0 Å². The highest BCUT2D eigenvalue weighted by molar-refractivity contribution is 5.20. The van der Waals surface area contributed by atoms with E-state index in [2.05, 4.69) is 0 Å². The number of hydrogen-bond donors (Lipinski definition) is 1. The van der Waals surface area contributed by atoms with Gasteiger partial charge in [0.05, 0.1) is 5.60 Å². The highest BCUT2D eigenvalue weighted by Gasteiger charge is 2.21. The Morgan fingerprint density at radius 3 is 2.60 bits per heavy atom. The van der Waals surface area contributed by atoms with E-state index in [-0.39, 0.29) is 12.0 Å². The topological polar surface area (TPSA) is 20.2 Å². The van der Waals surface area contributed by atoms with Gasteiger partial charge in [-0.2, -0.15) is 0 Å². The van der Waals surface area contributed by atoms with Gasteiger partial charge >= 0.3 is 0 Å². The predicted molar refractivity (Wildman–Crippen MR) is 55.6 cm³/mol. The molecule has 0 amide bonds. The number of rotatable bonds is 4. The minimum absolute atomic E-state index is 0.143. The van der Waals surface area contributed by atoms with E-state index in [9.17, 15) is 13.9 Å². The maximum Gasteiger partial charge on any atom is 0.126 e. The van der Waals surface area contributed by atoms with Gasteiger partial charge in [-0.1, -0.05) is 13.3 Å². The Balaban J connectivity index is 2.83. The first-order chi connectivity index (χ1) is 6.94. The smallest absolute Gasteiger partial charge is 0.126 e. The Labute approximate surface area is 88.7 Å². The molecule has 0 spiro atoms. The largest absolute Gasteiger partial charge is 0.390 e. The molecule has 1 nitrogen and oxygen atoms in total. The van der Waals surface area contributed by atoms with E-state index in [0.717, 1.165) is 24.6 Å². The van der Waals surface area contributed by atoms with Crippen LogP contribution in [0.2, 0.25) is 0 Å². The maximum atomic E-state index is 13.3. The molecule has 1 aromatic rings. The molecule has 1 rings (SSSR count). The van der Waals surface area contributed by atoms with Crippen LogP contribution in [-0.2, 0) is 6.42 Å². The molecule has 1 aromatic carbocycles. The molecule has 1 atom stereocenters. The molecule has 0 aromatic heterocycles. The third kappa shape index (κ3) is 3.59. The Kier molecular flexibility index (Phi) is 3.80. The lowest BCUT2D eigenvalue weighted by Gasteiger charge is -2.22. The molecule has 0 fully saturated rings. The van der Waals surface area contributed by atoms with Crippen molar-refractivity contribution in [3.8, 4) is 0 Å². The van der Waals surface area contributed by atoms with E-state index >= 15 is 0 Å². The molecule has 0 bridgehead atoms. The van der Waals surface area contributed by atoms with Crippen molar-refractivity contribution in [1.82, 2.24) is 0 Å². The van der Waals surface area contributed by atoms with Crippen LogP contribution < -0.4 is 0 Å². The quantitative estimate of drug-likeness (QED) is 0.816. The van der Waals surface area contributed by atoms with E-state index in [0.29, 0.717) is 6.42 Å². The second kappa shape index (κ2) is 4.71. The summed E-state index contributed by atoms with van der Waals surface area (Å²) >= 11 is 0. The van der Waals surface area contributed by atoms with Gasteiger partial charge in [0.1, 0.15) is 11.6 Å². The third-order valence-corrected chi connectivity index (χ3v) is 2.37. The van der Waals surface area contributed by atoms with E-state index in [4.69, 9.17) is 0 Å². The van der Waals surface area contributed by atoms with Crippen molar-refractivity contribution in [3.05, 3.63) is 35.4 Å². The Bertz CT molecular complexity index is 334. The van der Waals surface area contributed by atoms with Crippen LogP contribution >= 0.6 is 0 Å². The second-order valence-corrected chi connectivity index (χ2v) is 4.16. The summed E-state index contributed by atoms with van der Waals surface area (Å²) in [7, 11) is 0. The fourth-order valence-electron chi connectivity index (χ4n) is 1.72. The SMILES string of the molecule is CCCC(C)(O)Cc1cc(F)ccc1F. The van der Waals surface area contributed by atoms with Crippen LogP contribution in [-0.4, -0.2) is 10.7 Å². The lowest BCUT2D eigenvalue weighted by molar-refractivity contribution is 0.0496. The average molecular weight is 214 g/mol. The van der Waals surface area contributed by atoms with Gasteiger partial charge in [0.2, 0.25) is 0 Å². The van der Waals surface area contributed by atoms with E-state index in [1.165, 1.54) is 0 Å². The summed E-state index contributed by atoms with van der Waals surface area (Å²) in [6.07, 6.45) is 1.53. The first-order valence-electron chi connectivity index (χ1n) is 5.11. The van der Waals surface area contributed by atoms with E-state index in [1.807, 2.05) is 6.92 Å². The molecule has 0 aliphatic rings. The van der Waals surface area contributed by atoms with Crippen LogP contribution in [0.3, 0.4) is 0 Å². The summed E-state index contributed by atoms with van der Waals surface area (Å²) in [6.45, 7) is 3.58. The third-order valence-electron chi connectivity index (χ3n) is 2.37. The van der Waals surface area contributed by atoms with Crippen LogP contribution in [0.4, 0.5) is 8.78 Å². The number of hydrogen-bond acceptors (Lipinski definition) is 1. The van der Waals surface area contributed by atoms with Crippen molar-refractivity contribution in [2.45, 2.75) is 38.7 Å². The number of aliphatic hydroxyl groups is 1.